The van der Waals surface area contributed by atoms with Gasteiger partial charge in [-0.15, -0.1) is 0 Å². The van der Waals surface area contributed by atoms with Gasteiger partial charge in [-0.3, -0.25) is 4.79 Å². The topological polar surface area (TPSA) is 59.9 Å². The number of para-hydroxylation sites is 2. The summed E-state index contributed by atoms with van der Waals surface area (Å²) >= 11 is 5.85. The maximum atomic E-state index is 11.7. The van der Waals surface area contributed by atoms with Crippen LogP contribution in [-0.2, 0) is 4.79 Å². The van der Waals surface area contributed by atoms with Crippen LogP contribution in [0.15, 0.2) is 53.6 Å². The number of nitrogens with zero attached hydrogens (tertiary/aromatic N) is 1. The Balaban J connectivity index is 1.83. The first-order valence-corrected chi connectivity index (χ1v) is 6.90. The molecule has 2 aromatic carbocycles. The van der Waals surface area contributed by atoms with Gasteiger partial charge in [-0.1, -0.05) is 35.9 Å². The zero-order valence-corrected chi connectivity index (χ0v) is 12.7. The second-order valence-corrected chi connectivity index (χ2v) is 4.72. The maximum Gasteiger partial charge on any atom is 0.277 e. The summed E-state index contributed by atoms with van der Waals surface area (Å²) in [6.45, 7) is -0.159. The van der Waals surface area contributed by atoms with Crippen molar-refractivity contribution in [3.63, 3.8) is 0 Å². The number of carbonyl (C=O) groups excluding carboxylic acids is 1. The van der Waals surface area contributed by atoms with E-state index in [0.717, 1.165) is 5.56 Å². The molecule has 0 aromatic heterocycles. The fourth-order valence-corrected chi connectivity index (χ4v) is 1.88. The Kier molecular flexibility index (Phi) is 5.80. The van der Waals surface area contributed by atoms with E-state index in [2.05, 4.69) is 10.5 Å². The minimum Gasteiger partial charge on any atom is -0.493 e. The van der Waals surface area contributed by atoms with Crippen LogP contribution in [0.3, 0.4) is 0 Å². The molecule has 0 saturated carbocycles. The van der Waals surface area contributed by atoms with E-state index in [4.69, 9.17) is 21.1 Å². The van der Waals surface area contributed by atoms with Crippen LogP contribution >= 0.6 is 11.6 Å². The molecule has 0 unspecified atom stereocenters. The molecule has 0 aliphatic carbocycles. The van der Waals surface area contributed by atoms with Gasteiger partial charge in [0.1, 0.15) is 0 Å². The number of carbonyl (C=O) groups is 1. The highest BCUT2D eigenvalue weighted by Crippen LogP contribution is 2.25. The molecule has 0 saturated heterocycles. The van der Waals surface area contributed by atoms with E-state index in [1.165, 1.54) is 13.3 Å². The van der Waals surface area contributed by atoms with Crippen LogP contribution in [0.1, 0.15) is 5.56 Å². The van der Waals surface area contributed by atoms with E-state index in [1.807, 2.05) is 12.1 Å². The Labute approximate surface area is 133 Å². The van der Waals surface area contributed by atoms with Gasteiger partial charge in [-0.2, -0.15) is 5.10 Å². The van der Waals surface area contributed by atoms with Gasteiger partial charge in [-0.25, -0.2) is 5.43 Å². The van der Waals surface area contributed by atoms with E-state index >= 15 is 0 Å². The molecule has 0 radical (unpaired) electrons. The van der Waals surface area contributed by atoms with Gasteiger partial charge in [0, 0.05) is 5.02 Å². The number of methoxy groups -OCH3 is 1. The number of halogens is 1. The largest absolute Gasteiger partial charge is 0.493 e. The fraction of sp³-hybridized carbons (Fsp3) is 0.125. The second-order valence-electron chi connectivity index (χ2n) is 4.29. The zero-order chi connectivity index (χ0) is 15.8. The molecule has 1 amide bonds. The van der Waals surface area contributed by atoms with Crippen LogP contribution in [0.4, 0.5) is 0 Å². The normalized spacial score (nSPS) is 10.5. The Morgan fingerprint density at radius 3 is 2.73 bits per heavy atom. The van der Waals surface area contributed by atoms with Crippen molar-refractivity contribution >= 4 is 23.7 Å². The number of nitrogens with one attached hydrogen (secondary N) is 1. The number of benzene rings is 2. The number of amides is 1. The molecule has 2 rings (SSSR count). The Morgan fingerprint density at radius 2 is 2.00 bits per heavy atom. The predicted molar refractivity (Wildman–Crippen MR) is 85.7 cm³/mol. The predicted octanol–water partition coefficient (Wildman–Crippen LogP) is 2.88. The summed E-state index contributed by atoms with van der Waals surface area (Å²) in [5.41, 5.74) is 3.17. The van der Waals surface area contributed by atoms with Crippen molar-refractivity contribution in [2.45, 2.75) is 0 Å². The van der Waals surface area contributed by atoms with Crippen molar-refractivity contribution in [2.75, 3.05) is 13.7 Å². The molecular weight excluding hydrogens is 304 g/mol. The Morgan fingerprint density at radius 1 is 1.23 bits per heavy atom. The van der Waals surface area contributed by atoms with Crippen LogP contribution in [0, 0.1) is 0 Å². The van der Waals surface area contributed by atoms with Crippen LogP contribution < -0.4 is 14.9 Å². The van der Waals surface area contributed by atoms with Crippen molar-refractivity contribution in [2.24, 2.45) is 5.10 Å². The number of hydrazone groups is 1. The number of ether oxygens (including phenoxy) is 2. The first kappa shape index (κ1) is 15.9. The summed E-state index contributed by atoms with van der Waals surface area (Å²) in [4.78, 5) is 11.7. The van der Waals surface area contributed by atoms with Gasteiger partial charge in [0.25, 0.3) is 5.91 Å². The van der Waals surface area contributed by atoms with Crippen molar-refractivity contribution in [3.05, 3.63) is 59.1 Å². The van der Waals surface area contributed by atoms with Crippen molar-refractivity contribution < 1.29 is 14.3 Å². The van der Waals surface area contributed by atoms with Gasteiger partial charge in [0.05, 0.1) is 13.3 Å². The molecule has 0 spiro atoms. The summed E-state index contributed by atoms with van der Waals surface area (Å²) in [6, 6.07) is 14.2. The summed E-state index contributed by atoms with van der Waals surface area (Å²) in [5, 5.41) is 4.45. The minimum absolute atomic E-state index is 0.159. The Hall–Kier alpha value is -2.53. The van der Waals surface area contributed by atoms with Crippen molar-refractivity contribution in [3.8, 4) is 11.5 Å². The Bertz CT molecular complexity index is 674. The molecule has 0 fully saturated rings. The number of hydrogen-bond acceptors (Lipinski definition) is 4. The van der Waals surface area contributed by atoms with Gasteiger partial charge >= 0.3 is 0 Å². The van der Waals surface area contributed by atoms with Gasteiger partial charge < -0.3 is 9.47 Å². The highest BCUT2D eigenvalue weighted by molar-refractivity contribution is 6.30. The van der Waals surface area contributed by atoms with Gasteiger partial charge in [0.2, 0.25) is 0 Å². The molecule has 2 aromatic rings. The lowest BCUT2D eigenvalue weighted by molar-refractivity contribution is -0.123. The molecule has 0 bridgehead atoms. The van der Waals surface area contributed by atoms with E-state index in [0.29, 0.717) is 16.5 Å². The van der Waals surface area contributed by atoms with E-state index in [-0.39, 0.29) is 12.5 Å². The summed E-state index contributed by atoms with van der Waals surface area (Å²) in [5.74, 6) is 0.695. The highest BCUT2D eigenvalue weighted by atomic mass is 35.5. The molecular formula is C16H15ClN2O3. The van der Waals surface area contributed by atoms with Crippen molar-refractivity contribution in [1.82, 2.24) is 5.43 Å². The third kappa shape index (κ3) is 4.79. The second kappa shape index (κ2) is 8.05. The number of rotatable bonds is 6. The lowest BCUT2D eigenvalue weighted by Crippen LogP contribution is -2.24. The molecule has 0 aliphatic rings. The lowest BCUT2D eigenvalue weighted by atomic mass is 10.2. The summed E-state index contributed by atoms with van der Waals surface area (Å²) in [6.07, 6.45) is 1.51. The molecule has 0 heterocycles. The maximum absolute atomic E-state index is 11.7. The summed E-state index contributed by atoms with van der Waals surface area (Å²) in [7, 11) is 1.54. The number of hydrogen-bond donors (Lipinski definition) is 1. The molecule has 6 heteroatoms. The monoisotopic (exact) mass is 318 g/mol. The average Bonchev–Trinajstić information content (AvgIpc) is 2.53. The lowest BCUT2D eigenvalue weighted by Gasteiger charge is -2.09. The van der Waals surface area contributed by atoms with E-state index in [9.17, 15) is 4.79 Å². The van der Waals surface area contributed by atoms with Crippen LogP contribution in [0.25, 0.3) is 0 Å². The standard InChI is InChI=1S/C16H15ClN2O3/c1-21-14-7-2-3-8-15(14)22-11-16(20)19-18-10-12-5-4-6-13(17)9-12/h2-10H,11H2,1H3,(H,19,20). The van der Waals surface area contributed by atoms with E-state index < -0.39 is 0 Å². The zero-order valence-electron chi connectivity index (χ0n) is 12.0. The molecule has 1 N–H and O–H groups in total. The van der Waals surface area contributed by atoms with Crippen LogP contribution in [-0.4, -0.2) is 25.8 Å². The molecule has 22 heavy (non-hydrogen) atoms. The SMILES string of the molecule is COc1ccccc1OCC(=O)NN=Cc1cccc(Cl)c1. The average molecular weight is 319 g/mol. The van der Waals surface area contributed by atoms with Gasteiger partial charge in [0.15, 0.2) is 18.1 Å². The third-order valence-electron chi connectivity index (χ3n) is 2.68. The smallest absolute Gasteiger partial charge is 0.277 e. The quantitative estimate of drug-likeness (QED) is 0.658. The summed E-state index contributed by atoms with van der Waals surface area (Å²) < 4.78 is 10.5. The third-order valence-corrected chi connectivity index (χ3v) is 2.91. The van der Waals surface area contributed by atoms with Crippen LogP contribution in [0.5, 0.6) is 11.5 Å². The fourth-order valence-electron chi connectivity index (χ4n) is 1.68. The van der Waals surface area contributed by atoms with E-state index in [1.54, 1.807) is 36.4 Å². The molecule has 0 aliphatic heterocycles. The first-order valence-electron chi connectivity index (χ1n) is 6.52. The van der Waals surface area contributed by atoms with Crippen molar-refractivity contribution in [1.29, 1.82) is 0 Å². The first-order chi connectivity index (χ1) is 10.7. The molecule has 0 atom stereocenters. The van der Waals surface area contributed by atoms with Gasteiger partial charge in [-0.05, 0) is 29.8 Å². The van der Waals surface area contributed by atoms with Crippen LogP contribution in [0.2, 0.25) is 5.02 Å². The highest BCUT2D eigenvalue weighted by Gasteiger charge is 2.05. The molecule has 114 valence electrons. The minimum atomic E-state index is -0.371. The molecule has 5 nitrogen and oxygen atoms in total.